The van der Waals surface area contributed by atoms with Gasteiger partial charge in [0.25, 0.3) is 5.91 Å². The van der Waals surface area contributed by atoms with Crippen LogP contribution in [0.3, 0.4) is 0 Å². The molecule has 9 heteroatoms. The lowest BCUT2D eigenvalue weighted by molar-refractivity contribution is 0.0951. The van der Waals surface area contributed by atoms with Crippen molar-refractivity contribution in [3.8, 4) is 11.4 Å². The quantitative estimate of drug-likeness (QED) is 0.270. The summed E-state index contributed by atoms with van der Waals surface area (Å²) in [4.78, 5) is 17.1. The first kappa shape index (κ1) is 22.1. The van der Waals surface area contributed by atoms with E-state index in [0.717, 1.165) is 48.1 Å². The van der Waals surface area contributed by atoms with Crippen molar-refractivity contribution in [1.82, 2.24) is 20.1 Å². The molecule has 3 aromatic rings. The first-order valence-electron chi connectivity index (χ1n) is 11.6. The Morgan fingerprint density at radius 3 is 2.62 bits per heavy atom. The van der Waals surface area contributed by atoms with Gasteiger partial charge in [0.1, 0.15) is 0 Å². The number of nitrogen functional groups attached to an aromatic ring is 1. The highest BCUT2D eigenvalue weighted by atomic mass is 16.5. The molecule has 0 aliphatic heterocycles. The molecule has 0 radical (unpaired) electrons. The Morgan fingerprint density at radius 1 is 1.21 bits per heavy atom. The number of hydrogen-bond acceptors (Lipinski definition) is 7. The van der Waals surface area contributed by atoms with E-state index >= 15 is 0 Å². The number of nitrogens with one attached hydrogen (secondary N) is 3. The van der Waals surface area contributed by atoms with E-state index in [-0.39, 0.29) is 5.91 Å². The zero-order chi connectivity index (χ0) is 23.7. The number of rotatable bonds is 10. The zero-order valence-corrected chi connectivity index (χ0v) is 19.2. The van der Waals surface area contributed by atoms with E-state index in [1.807, 2.05) is 24.3 Å². The van der Waals surface area contributed by atoms with E-state index in [1.165, 1.54) is 6.21 Å². The maximum absolute atomic E-state index is 12.3. The molecule has 2 aliphatic rings. The largest absolute Gasteiger partial charge is 0.398 e. The van der Waals surface area contributed by atoms with E-state index in [2.05, 4.69) is 10.6 Å². The van der Waals surface area contributed by atoms with Crippen LogP contribution in [-0.2, 0) is 11.3 Å². The molecule has 0 spiro atoms. The standard InChI is InChI=1S/C25H29N7O2/c1-34-13-12-32-25(29-21-11-10-20(27)19(14-26)22(21)15-2-3-15)30-23(31-32)16-4-6-17(7-5-16)24(33)28-18-8-9-18/h4-7,10-11,14-15,18,26H,2-3,8-9,12-13,27H2,1H3,(H,28,33)(H,29,30,31). The van der Waals surface area contributed by atoms with Crippen LogP contribution in [0.1, 0.15) is 53.1 Å². The summed E-state index contributed by atoms with van der Waals surface area (Å²) in [7, 11) is 1.65. The lowest BCUT2D eigenvalue weighted by Crippen LogP contribution is -2.25. The smallest absolute Gasteiger partial charge is 0.251 e. The predicted molar refractivity (Wildman–Crippen MR) is 132 cm³/mol. The van der Waals surface area contributed by atoms with E-state index in [1.54, 1.807) is 23.9 Å². The number of nitrogens with zero attached hydrogens (tertiary/aromatic N) is 3. The van der Waals surface area contributed by atoms with Crippen LogP contribution in [0, 0.1) is 5.41 Å². The van der Waals surface area contributed by atoms with Gasteiger partial charge in [-0.3, -0.25) is 4.79 Å². The lowest BCUT2D eigenvalue weighted by Gasteiger charge is -2.15. The first-order chi connectivity index (χ1) is 16.6. The van der Waals surface area contributed by atoms with Crippen molar-refractivity contribution in [1.29, 1.82) is 5.41 Å². The molecular weight excluding hydrogens is 430 g/mol. The first-order valence-corrected chi connectivity index (χ1v) is 11.6. The number of amides is 1. The minimum Gasteiger partial charge on any atom is -0.398 e. The Hall–Kier alpha value is -3.72. The Morgan fingerprint density at radius 2 is 1.97 bits per heavy atom. The molecular formula is C25H29N7O2. The van der Waals surface area contributed by atoms with Crippen molar-refractivity contribution in [2.45, 2.75) is 44.2 Å². The number of methoxy groups -OCH3 is 1. The topological polar surface area (TPSA) is 131 Å². The van der Waals surface area contributed by atoms with Gasteiger partial charge in [0.05, 0.1) is 13.2 Å². The minimum absolute atomic E-state index is 0.0482. The summed E-state index contributed by atoms with van der Waals surface area (Å²) in [6.07, 6.45) is 5.61. The number of ether oxygens (including phenoxy) is 1. The third-order valence-corrected chi connectivity index (χ3v) is 6.19. The van der Waals surface area contributed by atoms with E-state index in [0.29, 0.717) is 48.1 Å². The van der Waals surface area contributed by atoms with Crippen LogP contribution in [0.15, 0.2) is 36.4 Å². The Kier molecular flexibility index (Phi) is 6.02. The normalized spacial score (nSPS) is 15.2. The van der Waals surface area contributed by atoms with Crippen LogP contribution >= 0.6 is 0 Å². The second-order valence-corrected chi connectivity index (χ2v) is 8.87. The SMILES string of the molecule is COCCn1nc(-c2ccc(C(=O)NC3CC3)cc2)nc1Nc1ccc(N)c(C=N)c1C1CC1. The number of benzene rings is 2. The summed E-state index contributed by atoms with van der Waals surface area (Å²) in [5.74, 6) is 1.49. The molecule has 2 saturated carbocycles. The maximum atomic E-state index is 12.3. The number of carbonyl (C=O) groups is 1. The Bertz CT molecular complexity index is 1210. The van der Waals surface area contributed by atoms with Crippen molar-refractivity contribution >= 4 is 29.4 Å². The van der Waals surface area contributed by atoms with Crippen LogP contribution in [0.5, 0.6) is 0 Å². The highest BCUT2D eigenvalue weighted by molar-refractivity contribution is 5.95. The van der Waals surface area contributed by atoms with Crippen LogP contribution in [0.2, 0.25) is 0 Å². The van der Waals surface area contributed by atoms with Gasteiger partial charge < -0.3 is 26.5 Å². The van der Waals surface area contributed by atoms with Gasteiger partial charge in [0, 0.05) is 47.4 Å². The molecule has 1 heterocycles. The Labute approximate surface area is 198 Å². The summed E-state index contributed by atoms with van der Waals surface area (Å²) in [6, 6.07) is 11.4. The van der Waals surface area contributed by atoms with E-state index in [4.69, 9.17) is 26.0 Å². The number of anilines is 3. The number of carbonyl (C=O) groups excluding carboxylic acids is 1. The van der Waals surface area contributed by atoms with Crippen molar-refractivity contribution in [2.24, 2.45) is 0 Å². The van der Waals surface area contributed by atoms with Gasteiger partial charge in [-0.05, 0) is 61.4 Å². The lowest BCUT2D eigenvalue weighted by atomic mass is 9.99. The Balaban J connectivity index is 1.44. The average molecular weight is 460 g/mol. The molecule has 5 N–H and O–H groups in total. The van der Waals surface area contributed by atoms with Crippen molar-refractivity contribution in [3.63, 3.8) is 0 Å². The predicted octanol–water partition coefficient (Wildman–Crippen LogP) is 3.68. The molecule has 2 aromatic carbocycles. The molecule has 1 amide bonds. The van der Waals surface area contributed by atoms with Gasteiger partial charge in [-0.2, -0.15) is 4.98 Å². The fourth-order valence-electron chi connectivity index (χ4n) is 4.01. The zero-order valence-electron chi connectivity index (χ0n) is 19.2. The van der Waals surface area contributed by atoms with Gasteiger partial charge in [-0.1, -0.05) is 12.1 Å². The van der Waals surface area contributed by atoms with Crippen LogP contribution in [0.25, 0.3) is 11.4 Å². The second-order valence-electron chi connectivity index (χ2n) is 8.87. The average Bonchev–Trinajstić information content (AvgIpc) is 3.78. The molecule has 34 heavy (non-hydrogen) atoms. The summed E-state index contributed by atoms with van der Waals surface area (Å²) < 4.78 is 7.04. The van der Waals surface area contributed by atoms with E-state index < -0.39 is 0 Å². The van der Waals surface area contributed by atoms with Crippen molar-refractivity contribution in [2.75, 3.05) is 24.8 Å². The van der Waals surface area contributed by atoms with Gasteiger partial charge in [0.2, 0.25) is 5.95 Å². The van der Waals surface area contributed by atoms with Gasteiger partial charge >= 0.3 is 0 Å². The number of hydrogen-bond donors (Lipinski definition) is 4. The highest BCUT2D eigenvalue weighted by Gasteiger charge is 2.30. The molecule has 1 aromatic heterocycles. The number of nitrogens with two attached hydrogens (primary N) is 1. The van der Waals surface area contributed by atoms with Gasteiger partial charge in [-0.25, -0.2) is 4.68 Å². The van der Waals surface area contributed by atoms with E-state index in [9.17, 15) is 4.79 Å². The third-order valence-electron chi connectivity index (χ3n) is 6.19. The van der Waals surface area contributed by atoms with Crippen molar-refractivity contribution < 1.29 is 9.53 Å². The molecule has 176 valence electrons. The fourth-order valence-corrected chi connectivity index (χ4v) is 4.01. The molecule has 2 aliphatic carbocycles. The van der Waals surface area contributed by atoms with Crippen LogP contribution in [0.4, 0.5) is 17.3 Å². The summed E-state index contributed by atoms with van der Waals surface area (Å²) >= 11 is 0. The van der Waals surface area contributed by atoms with Gasteiger partial charge in [0.15, 0.2) is 5.82 Å². The van der Waals surface area contributed by atoms with Crippen molar-refractivity contribution in [3.05, 3.63) is 53.1 Å². The molecule has 5 rings (SSSR count). The van der Waals surface area contributed by atoms with Gasteiger partial charge in [-0.15, -0.1) is 5.10 Å². The summed E-state index contributed by atoms with van der Waals surface area (Å²) in [5.41, 5.74) is 10.9. The summed E-state index contributed by atoms with van der Waals surface area (Å²) in [5, 5.41) is 19.0. The molecule has 0 bridgehead atoms. The minimum atomic E-state index is -0.0482. The number of aromatic nitrogens is 3. The molecule has 0 unspecified atom stereocenters. The molecule has 9 nitrogen and oxygen atoms in total. The fraction of sp³-hybridized carbons (Fsp3) is 0.360. The van der Waals surface area contributed by atoms with Crippen LogP contribution < -0.4 is 16.4 Å². The van der Waals surface area contributed by atoms with Crippen LogP contribution in [-0.4, -0.2) is 46.6 Å². The molecule has 0 saturated heterocycles. The molecule has 2 fully saturated rings. The monoisotopic (exact) mass is 459 g/mol. The third kappa shape index (κ3) is 4.65. The summed E-state index contributed by atoms with van der Waals surface area (Å²) in [6.45, 7) is 1.01. The maximum Gasteiger partial charge on any atom is 0.251 e. The highest BCUT2D eigenvalue weighted by Crippen LogP contribution is 2.46. The second kappa shape index (κ2) is 9.26. The molecule has 0 atom stereocenters.